The van der Waals surface area contributed by atoms with Crippen LogP contribution in [0.2, 0.25) is 0 Å². The lowest BCUT2D eigenvalue weighted by Gasteiger charge is -2.24. The summed E-state index contributed by atoms with van der Waals surface area (Å²) in [5, 5.41) is 4.87. The molecular weight excluding hydrogens is 372 g/mol. The standard InChI is InChI=1S/C20H20N6OS/c1-20(2,3)26-18(24-8-4-5-9-24)14-11-25(12-17(14)21-26)19(27)13-6-7-15-16(10-13)23-28-22-15/h4-10H,11-12H2,1-3H3. The summed E-state index contributed by atoms with van der Waals surface area (Å²) in [6.45, 7) is 7.48. The topological polar surface area (TPSA) is 68.8 Å². The minimum Gasteiger partial charge on any atom is -0.328 e. The molecule has 4 aromatic rings. The van der Waals surface area contributed by atoms with Gasteiger partial charge in [-0.15, -0.1) is 0 Å². The summed E-state index contributed by atoms with van der Waals surface area (Å²) in [4.78, 5) is 14.9. The van der Waals surface area contributed by atoms with Crippen LogP contribution in [-0.2, 0) is 18.6 Å². The highest BCUT2D eigenvalue weighted by atomic mass is 32.1. The van der Waals surface area contributed by atoms with Gasteiger partial charge < -0.3 is 9.47 Å². The van der Waals surface area contributed by atoms with E-state index in [2.05, 4.69) is 38.8 Å². The molecule has 3 aromatic heterocycles. The Hall–Kier alpha value is -3.00. The van der Waals surface area contributed by atoms with Crippen LogP contribution in [0.5, 0.6) is 0 Å². The lowest BCUT2D eigenvalue weighted by atomic mass is 10.1. The van der Waals surface area contributed by atoms with Gasteiger partial charge >= 0.3 is 0 Å². The van der Waals surface area contributed by atoms with Crippen molar-refractivity contribution in [2.24, 2.45) is 0 Å². The highest BCUT2D eigenvalue weighted by Gasteiger charge is 2.34. The summed E-state index contributed by atoms with van der Waals surface area (Å²) in [7, 11) is 0. The summed E-state index contributed by atoms with van der Waals surface area (Å²) in [5.41, 5.74) is 4.14. The normalized spacial score (nSPS) is 14.0. The van der Waals surface area contributed by atoms with Crippen LogP contribution < -0.4 is 0 Å². The van der Waals surface area contributed by atoms with Gasteiger partial charge in [-0.2, -0.15) is 13.8 Å². The number of carbonyl (C=O) groups excluding carboxylic acids is 1. The predicted molar refractivity (Wildman–Crippen MR) is 108 cm³/mol. The molecule has 0 aliphatic carbocycles. The van der Waals surface area contributed by atoms with E-state index in [1.165, 1.54) is 0 Å². The van der Waals surface area contributed by atoms with Crippen LogP contribution in [0.4, 0.5) is 0 Å². The van der Waals surface area contributed by atoms with Gasteiger partial charge in [0.2, 0.25) is 0 Å². The smallest absolute Gasteiger partial charge is 0.254 e. The molecule has 0 unspecified atom stereocenters. The molecule has 142 valence electrons. The van der Waals surface area contributed by atoms with E-state index >= 15 is 0 Å². The molecule has 0 N–H and O–H groups in total. The van der Waals surface area contributed by atoms with Gasteiger partial charge in [-0.3, -0.25) is 4.79 Å². The highest BCUT2D eigenvalue weighted by molar-refractivity contribution is 7.00. The third kappa shape index (κ3) is 2.63. The average Bonchev–Trinajstić information content (AvgIpc) is 3.40. The number of fused-ring (bicyclic) bond motifs is 2. The number of nitrogens with zero attached hydrogens (tertiary/aromatic N) is 6. The van der Waals surface area contributed by atoms with Crippen molar-refractivity contribution in [2.75, 3.05) is 0 Å². The van der Waals surface area contributed by atoms with E-state index in [-0.39, 0.29) is 11.4 Å². The zero-order valence-corrected chi connectivity index (χ0v) is 16.8. The van der Waals surface area contributed by atoms with Gasteiger partial charge in [0.25, 0.3) is 5.91 Å². The summed E-state index contributed by atoms with van der Waals surface area (Å²) in [6.07, 6.45) is 4.04. The summed E-state index contributed by atoms with van der Waals surface area (Å²) in [6, 6.07) is 9.50. The minimum absolute atomic E-state index is 0.00587. The molecule has 1 aliphatic rings. The molecule has 0 saturated carbocycles. The van der Waals surface area contributed by atoms with Crippen molar-refractivity contribution < 1.29 is 4.79 Å². The molecule has 7 nitrogen and oxygen atoms in total. The SMILES string of the molecule is CC(C)(C)n1nc2c(c1-n1cccc1)CN(C(=O)c1ccc3nsnc3c1)C2. The van der Waals surface area contributed by atoms with Crippen LogP contribution in [0.15, 0.2) is 42.7 Å². The van der Waals surface area contributed by atoms with E-state index in [0.29, 0.717) is 18.7 Å². The van der Waals surface area contributed by atoms with Crippen molar-refractivity contribution in [1.29, 1.82) is 0 Å². The summed E-state index contributed by atoms with van der Waals surface area (Å²) >= 11 is 1.16. The maximum Gasteiger partial charge on any atom is 0.254 e. The van der Waals surface area contributed by atoms with Crippen molar-refractivity contribution in [3.05, 3.63) is 59.5 Å². The van der Waals surface area contributed by atoms with Gasteiger partial charge in [0.05, 0.1) is 36.1 Å². The fraction of sp³-hybridized carbons (Fsp3) is 0.300. The van der Waals surface area contributed by atoms with Crippen LogP contribution in [0, 0.1) is 0 Å². The van der Waals surface area contributed by atoms with Gasteiger partial charge in [-0.1, -0.05) is 0 Å². The molecule has 5 rings (SSSR count). The average molecular weight is 392 g/mol. The zero-order chi connectivity index (χ0) is 19.5. The van der Waals surface area contributed by atoms with Gasteiger partial charge in [0.15, 0.2) is 0 Å². The maximum atomic E-state index is 13.1. The number of rotatable bonds is 2. The fourth-order valence-electron chi connectivity index (χ4n) is 3.65. The highest BCUT2D eigenvalue weighted by Crippen LogP contribution is 2.32. The molecule has 28 heavy (non-hydrogen) atoms. The van der Waals surface area contributed by atoms with Gasteiger partial charge in [-0.05, 0) is 51.1 Å². The Morgan fingerprint density at radius 3 is 2.57 bits per heavy atom. The third-order valence-electron chi connectivity index (χ3n) is 5.00. The van der Waals surface area contributed by atoms with E-state index in [9.17, 15) is 4.79 Å². The molecular formula is C20H20N6OS. The van der Waals surface area contributed by atoms with Crippen molar-refractivity contribution in [3.8, 4) is 5.82 Å². The van der Waals surface area contributed by atoms with Crippen LogP contribution in [0.25, 0.3) is 16.9 Å². The van der Waals surface area contributed by atoms with E-state index in [0.717, 1.165) is 39.8 Å². The zero-order valence-electron chi connectivity index (χ0n) is 16.0. The maximum absolute atomic E-state index is 13.1. The van der Waals surface area contributed by atoms with Gasteiger partial charge in [-0.25, -0.2) is 4.68 Å². The third-order valence-corrected chi connectivity index (χ3v) is 5.56. The van der Waals surface area contributed by atoms with Crippen molar-refractivity contribution in [3.63, 3.8) is 0 Å². The Kier molecular flexibility index (Phi) is 3.67. The number of hydrogen-bond acceptors (Lipinski definition) is 5. The number of hydrogen-bond donors (Lipinski definition) is 0. The monoisotopic (exact) mass is 392 g/mol. The first kappa shape index (κ1) is 17.1. The van der Waals surface area contributed by atoms with Crippen LogP contribution >= 0.6 is 11.7 Å². The van der Waals surface area contributed by atoms with E-state index in [4.69, 9.17) is 5.10 Å². The summed E-state index contributed by atoms with van der Waals surface area (Å²) in [5.74, 6) is 1.02. The Labute approximate surface area is 166 Å². The molecule has 1 amide bonds. The molecule has 0 radical (unpaired) electrons. The molecule has 0 saturated heterocycles. The molecule has 0 atom stereocenters. The molecule has 0 bridgehead atoms. The van der Waals surface area contributed by atoms with Crippen LogP contribution in [0.1, 0.15) is 42.4 Å². The number of aromatic nitrogens is 5. The molecule has 1 aliphatic heterocycles. The molecule has 8 heteroatoms. The lowest BCUT2D eigenvalue weighted by molar-refractivity contribution is 0.0748. The minimum atomic E-state index is -0.151. The Balaban J connectivity index is 1.51. The van der Waals surface area contributed by atoms with E-state index in [1.807, 2.05) is 47.6 Å². The first-order valence-corrected chi connectivity index (χ1v) is 9.91. The van der Waals surface area contributed by atoms with Gasteiger partial charge in [0, 0.05) is 23.5 Å². The van der Waals surface area contributed by atoms with E-state index in [1.54, 1.807) is 0 Å². The Bertz CT molecular complexity index is 1180. The second-order valence-corrected chi connectivity index (χ2v) is 8.58. The second-order valence-electron chi connectivity index (χ2n) is 8.05. The summed E-state index contributed by atoms with van der Waals surface area (Å²) < 4.78 is 12.6. The number of amides is 1. The lowest BCUT2D eigenvalue weighted by Crippen LogP contribution is -2.29. The molecule has 0 spiro atoms. The largest absolute Gasteiger partial charge is 0.328 e. The Morgan fingerprint density at radius 1 is 1.07 bits per heavy atom. The first-order valence-electron chi connectivity index (χ1n) is 9.18. The van der Waals surface area contributed by atoms with Crippen LogP contribution in [-0.4, -0.2) is 33.9 Å². The first-order chi connectivity index (χ1) is 13.4. The predicted octanol–water partition coefficient (Wildman–Crippen LogP) is 3.59. The van der Waals surface area contributed by atoms with Crippen molar-refractivity contribution >= 4 is 28.7 Å². The number of carbonyl (C=O) groups is 1. The van der Waals surface area contributed by atoms with Gasteiger partial charge in [0.1, 0.15) is 16.9 Å². The number of benzene rings is 1. The molecule has 4 heterocycles. The Morgan fingerprint density at radius 2 is 1.82 bits per heavy atom. The van der Waals surface area contributed by atoms with Crippen molar-refractivity contribution in [1.82, 2.24) is 28.0 Å². The van der Waals surface area contributed by atoms with Crippen LogP contribution in [0.3, 0.4) is 0 Å². The molecule has 1 aromatic carbocycles. The van der Waals surface area contributed by atoms with Crippen molar-refractivity contribution in [2.45, 2.75) is 39.4 Å². The second kappa shape index (κ2) is 6.00. The molecule has 0 fully saturated rings. The van der Waals surface area contributed by atoms with E-state index < -0.39 is 0 Å². The quantitative estimate of drug-likeness (QED) is 0.523. The fourth-order valence-corrected chi connectivity index (χ4v) is 4.17.